The van der Waals surface area contributed by atoms with Crippen LogP contribution >= 0.6 is 0 Å². The van der Waals surface area contributed by atoms with Gasteiger partial charge in [0.1, 0.15) is 34.9 Å². The Morgan fingerprint density at radius 2 is 1.77 bits per heavy atom. The van der Waals surface area contributed by atoms with E-state index < -0.39 is 53.1 Å². The van der Waals surface area contributed by atoms with Crippen LogP contribution in [0.15, 0.2) is 59.5 Å². The van der Waals surface area contributed by atoms with Crippen molar-refractivity contribution >= 4 is 17.5 Å². The lowest BCUT2D eigenvalue weighted by Gasteiger charge is -2.20. The van der Waals surface area contributed by atoms with Gasteiger partial charge in [-0.05, 0) is 36.4 Å². The molecule has 1 fully saturated rings. The van der Waals surface area contributed by atoms with Crippen LogP contribution in [0.2, 0.25) is 0 Å². The fourth-order valence-electron chi connectivity index (χ4n) is 4.43. The second-order valence-electron chi connectivity index (χ2n) is 8.53. The van der Waals surface area contributed by atoms with E-state index in [1.54, 1.807) is 0 Å². The highest BCUT2D eigenvalue weighted by Crippen LogP contribution is 2.36. The molecule has 2 amide bonds. The fourth-order valence-corrected chi connectivity index (χ4v) is 4.43. The minimum absolute atomic E-state index is 0.0395. The summed E-state index contributed by atoms with van der Waals surface area (Å²) in [5, 5.41) is 11.7. The lowest BCUT2D eigenvalue weighted by atomic mass is 9.92. The summed E-state index contributed by atoms with van der Waals surface area (Å²) in [6.45, 7) is -3.82. The lowest BCUT2D eigenvalue weighted by molar-refractivity contribution is -0.118. The van der Waals surface area contributed by atoms with Crippen molar-refractivity contribution in [1.82, 2.24) is 9.88 Å². The fraction of sp³-hybridized carbons (Fsp3) is 0.269. The molecule has 13 heteroatoms. The molecule has 9 nitrogen and oxygen atoms in total. The van der Waals surface area contributed by atoms with Crippen LogP contribution in [0.4, 0.5) is 23.2 Å². The number of rotatable bonds is 9. The summed E-state index contributed by atoms with van der Waals surface area (Å²) in [4.78, 5) is 40.5. The number of alkyl halides is 2. The second kappa shape index (κ2) is 11.6. The standard InChI is InChI=1S/C26H23F4N3O6/c1-38-16-11-18(27)21(19(28)12-16)17-13-33(20-3-2-8-32(9-10-34)24(20)36)25(37)22(17)31-23(35)14-4-6-15(7-5-14)39-26(29)30/h2-8,11-12,17,22,26,34H,9-10,13H2,1H3,(H,31,35)/t17-,22?/m0/s1. The molecule has 0 aliphatic carbocycles. The Morgan fingerprint density at radius 3 is 2.36 bits per heavy atom. The molecule has 1 aliphatic rings. The second-order valence-corrected chi connectivity index (χ2v) is 8.53. The first-order valence-electron chi connectivity index (χ1n) is 11.6. The van der Waals surface area contributed by atoms with Crippen LogP contribution in [0.5, 0.6) is 11.5 Å². The van der Waals surface area contributed by atoms with Crippen LogP contribution in [0, 0.1) is 11.6 Å². The number of carbonyl (C=O) groups is 2. The number of aromatic nitrogens is 1. The maximum absolute atomic E-state index is 15.1. The number of methoxy groups -OCH3 is 1. The third kappa shape index (κ3) is 5.72. The van der Waals surface area contributed by atoms with Gasteiger partial charge in [0.15, 0.2) is 0 Å². The number of halogens is 4. The summed E-state index contributed by atoms with van der Waals surface area (Å²) in [6, 6.07) is 7.78. The van der Waals surface area contributed by atoms with E-state index in [0.717, 1.165) is 29.2 Å². The summed E-state index contributed by atoms with van der Waals surface area (Å²) in [7, 11) is 1.22. The molecular formula is C26H23F4N3O6. The van der Waals surface area contributed by atoms with E-state index in [1.165, 1.54) is 42.1 Å². The number of amides is 2. The Hall–Kier alpha value is -4.39. The molecule has 1 aliphatic heterocycles. The van der Waals surface area contributed by atoms with Crippen molar-refractivity contribution < 1.29 is 41.7 Å². The maximum atomic E-state index is 15.1. The Bertz CT molecular complexity index is 1410. The van der Waals surface area contributed by atoms with Crippen molar-refractivity contribution in [3.8, 4) is 11.5 Å². The van der Waals surface area contributed by atoms with Gasteiger partial charge >= 0.3 is 6.61 Å². The Balaban J connectivity index is 1.72. The summed E-state index contributed by atoms with van der Waals surface area (Å²) >= 11 is 0. The van der Waals surface area contributed by atoms with Gasteiger partial charge in [0.2, 0.25) is 5.91 Å². The topological polar surface area (TPSA) is 110 Å². The third-order valence-corrected chi connectivity index (χ3v) is 6.23. The highest BCUT2D eigenvalue weighted by molar-refractivity contribution is 6.05. The van der Waals surface area contributed by atoms with E-state index in [-0.39, 0.29) is 42.4 Å². The molecule has 0 radical (unpaired) electrons. The molecule has 1 saturated heterocycles. The molecule has 0 spiro atoms. The van der Waals surface area contributed by atoms with Gasteiger partial charge in [0.25, 0.3) is 11.5 Å². The number of ether oxygens (including phenoxy) is 2. The van der Waals surface area contributed by atoms with E-state index in [1.807, 2.05) is 0 Å². The highest BCUT2D eigenvalue weighted by atomic mass is 19.3. The molecule has 0 saturated carbocycles. The van der Waals surface area contributed by atoms with Gasteiger partial charge in [-0.1, -0.05) is 0 Å². The van der Waals surface area contributed by atoms with Crippen LogP contribution < -0.4 is 25.2 Å². The first-order valence-corrected chi connectivity index (χ1v) is 11.6. The Labute approximate surface area is 219 Å². The van der Waals surface area contributed by atoms with Gasteiger partial charge in [-0.25, -0.2) is 8.78 Å². The average Bonchev–Trinajstić information content (AvgIpc) is 3.20. The number of carbonyl (C=O) groups excluding carboxylic acids is 2. The van der Waals surface area contributed by atoms with Crippen LogP contribution in [0.1, 0.15) is 21.8 Å². The number of anilines is 1. The van der Waals surface area contributed by atoms with E-state index in [0.29, 0.717) is 0 Å². The number of hydrogen-bond acceptors (Lipinski definition) is 6. The van der Waals surface area contributed by atoms with Crippen LogP contribution in [-0.2, 0) is 11.3 Å². The molecule has 2 heterocycles. The third-order valence-electron chi connectivity index (χ3n) is 6.23. The minimum atomic E-state index is -3.07. The summed E-state index contributed by atoms with van der Waals surface area (Å²) in [5.41, 5.74) is -1.28. The Kier molecular flexibility index (Phi) is 8.19. The van der Waals surface area contributed by atoms with Gasteiger partial charge in [-0.3, -0.25) is 14.4 Å². The number of nitrogens with one attached hydrogen (secondary N) is 1. The quantitative estimate of drug-likeness (QED) is 0.398. The molecule has 2 aromatic carbocycles. The van der Waals surface area contributed by atoms with Gasteiger partial charge in [-0.2, -0.15) is 8.78 Å². The van der Waals surface area contributed by atoms with Crippen LogP contribution in [0.3, 0.4) is 0 Å². The molecule has 2 N–H and O–H groups in total. The van der Waals surface area contributed by atoms with E-state index >= 15 is 8.78 Å². The molecule has 4 rings (SSSR count). The van der Waals surface area contributed by atoms with Crippen molar-refractivity contribution in [3.63, 3.8) is 0 Å². The Morgan fingerprint density at radius 1 is 1.10 bits per heavy atom. The number of aliphatic hydroxyl groups is 1. The summed E-state index contributed by atoms with van der Waals surface area (Å²) in [6.07, 6.45) is 1.41. The van der Waals surface area contributed by atoms with Crippen molar-refractivity contribution in [2.45, 2.75) is 25.1 Å². The highest BCUT2D eigenvalue weighted by Gasteiger charge is 2.46. The molecule has 3 aromatic rings. The SMILES string of the molecule is COc1cc(F)c([C@@H]2CN(c3cccn(CCO)c3=O)C(=O)C2NC(=O)c2ccc(OC(F)F)cc2)c(F)c1. The summed E-state index contributed by atoms with van der Waals surface area (Å²) < 4.78 is 65.4. The maximum Gasteiger partial charge on any atom is 0.387 e. The van der Waals surface area contributed by atoms with Crippen LogP contribution in [-0.4, -0.2) is 54.4 Å². The van der Waals surface area contributed by atoms with Crippen molar-refractivity contribution in [1.29, 1.82) is 0 Å². The largest absolute Gasteiger partial charge is 0.497 e. The van der Waals surface area contributed by atoms with Gasteiger partial charge in [0.05, 0.1) is 13.7 Å². The van der Waals surface area contributed by atoms with Gasteiger partial charge in [-0.15, -0.1) is 0 Å². The number of aliphatic hydroxyl groups excluding tert-OH is 1. The van der Waals surface area contributed by atoms with Crippen molar-refractivity contribution in [2.24, 2.45) is 0 Å². The smallest absolute Gasteiger partial charge is 0.387 e. The van der Waals surface area contributed by atoms with E-state index in [4.69, 9.17) is 4.74 Å². The molecule has 206 valence electrons. The zero-order valence-corrected chi connectivity index (χ0v) is 20.4. The van der Waals surface area contributed by atoms with E-state index in [2.05, 4.69) is 10.1 Å². The zero-order chi connectivity index (χ0) is 28.3. The van der Waals surface area contributed by atoms with Crippen molar-refractivity contribution in [2.75, 3.05) is 25.2 Å². The predicted octanol–water partition coefficient (Wildman–Crippen LogP) is 2.66. The molecule has 0 bridgehead atoms. The first-order chi connectivity index (χ1) is 18.6. The number of nitrogens with zero attached hydrogens (tertiary/aromatic N) is 2. The number of pyridine rings is 1. The number of hydrogen-bond donors (Lipinski definition) is 2. The molecule has 1 unspecified atom stereocenters. The zero-order valence-electron chi connectivity index (χ0n) is 20.4. The summed E-state index contributed by atoms with van der Waals surface area (Å²) in [5.74, 6) is -5.25. The molecule has 1 aromatic heterocycles. The predicted molar refractivity (Wildman–Crippen MR) is 130 cm³/mol. The average molecular weight is 549 g/mol. The molecular weight excluding hydrogens is 526 g/mol. The van der Waals surface area contributed by atoms with Gasteiger partial charge in [0, 0.05) is 48.5 Å². The minimum Gasteiger partial charge on any atom is -0.497 e. The first kappa shape index (κ1) is 27.6. The van der Waals surface area contributed by atoms with Crippen LogP contribution in [0.25, 0.3) is 0 Å². The van der Waals surface area contributed by atoms with E-state index in [9.17, 15) is 28.3 Å². The molecule has 39 heavy (non-hydrogen) atoms. The normalized spacial score (nSPS) is 17.0. The lowest BCUT2D eigenvalue weighted by Crippen LogP contribution is -2.44. The molecule has 2 atom stereocenters. The van der Waals surface area contributed by atoms with Crippen molar-refractivity contribution in [3.05, 3.63) is 87.8 Å². The van der Waals surface area contributed by atoms with Gasteiger partial charge < -0.3 is 29.4 Å². The number of benzene rings is 2. The monoisotopic (exact) mass is 549 g/mol.